The number of hydrogen-bond donors (Lipinski definition) is 0. The molecule has 1 aliphatic rings. The van der Waals surface area contributed by atoms with Gasteiger partial charge in [-0.1, -0.05) is 12.1 Å². The zero-order valence-corrected chi connectivity index (χ0v) is 14.2. The van der Waals surface area contributed by atoms with Crippen molar-refractivity contribution in [2.45, 2.75) is 18.9 Å². The Balaban J connectivity index is 1.88. The molecule has 2 heterocycles. The maximum absolute atomic E-state index is 12.9. The van der Waals surface area contributed by atoms with Gasteiger partial charge >= 0.3 is 0 Å². The van der Waals surface area contributed by atoms with E-state index in [1.54, 1.807) is 25.0 Å². The number of rotatable bonds is 3. The first-order valence-electron chi connectivity index (χ1n) is 7.24. The molecule has 0 spiro atoms. The third kappa shape index (κ3) is 2.63. The second kappa shape index (κ2) is 6.12. The fourth-order valence-electron chi connectivity index (χ4n) is 2.97. The lowest BCUT2D eigenvalue weighted by Crippen LogP contribution is -2.32. The molecule has 22 heavy (non-hydrogen) atoms. The third-order valence-electron chi connectivity index (χ3n) is 4.11. The molecular formula is C16H18BrN3O2. The van der Waals surface area contributed by atoms with Crippen LogP contribution in [0.2, 0.25) is 0 Å². The Hall–Kier alpha value is -1.82. The van der Waals surface area contributed by atoms with Crippen molar-refractivity contribution in [3.8, 4) is 5.75 Å². The monoisotopic (exact) mass is 363 g/mol. The average molecular weight is 364 g/mol. The summed E-state index contributed by atoms with van der Waals surface area (Å²) < 4.78 is 7.56. The van der Waals surface area contributed by atoms with E-state index in [1.807, 2.05) is 29.2 Å². The van der Waals surface area contributed by atoms with E-state index >= 15 is 0 Å². The van der Waals surface area contributed by atoms with Crippen molar-refractivity contribution in [3.63, 3.8) is 0 Å². The topological polar surface area (TPSA) is 47.4 Å². The van der Waals surface area contributed by atoms with Gasteiger partial charge in [-0.05, 0) is 46.5 Å². The molecule has 0 N–H and O–H groups in total. The second-order valence-corrected chi connectivity index (χ2v) is 6.25. The Labute approximate surface area is 138 Å². The number of carbonyl (C=O) groups is 1. The van der Waals surface area contributed by atoms with E-state index in [2.05, 4.69) is 21.0 Å². The summed E-state index contributed by atoms with van der Waals surface area (Å²) in [6, 6.07) is 8.06. The largest absolute Gasteiger partial charge is 0.497 e. The van der Waals surface area contributed by atoms with Gasteiger partial charge in [-0.3, -0.25) is 9.48 Å². The van der Waals surface area contributed by atoms with E-state index in [0.717, 1.165) is 35.2 Å². The van der Waals surface area contributed by atoms with Crippen molar-refractivity contribution in [1.82, 2.24) is 14.7 Å². The minimum absolute atomic E-state index is 0.0187. The van der Waals surface area contributed by atoms with Crippen LogP contribution in [0.15, 0.2) is 34.9 Å². The van der Waals surface area contributed by atoms with Crippen LogP contribution in [0.4, 0.5) is 0 Å². The van der Waals surface area contributed by atoms with Crippen LogP contribution < -0.4 is 4.74 Å². The van der Waals surface area contributed by atoms with E-state index in [-0.39, 0.29) is 11.9 Å². The van der Waals surface area contributed by atoms with E-state index in [1.165, 1.54) is 0 Å². The number of halogens is 1. The molecule has 1 saturated heterocycles. The summed E-state index contributed by atoms with van der Waals surface area (Å²) >= 11 is 3.41. The molecule has 1 aromatic heterocycles. The summed E-state index contributed by atoms with van der Waals surface area (Å²) in [5.74, 6) is 0.846. The van der Waals surface area contributed by atoms with Crippen LogP contribution in [0, 0.1) is 0 Å². The first kappa shape index (κ1) is 15.1. The standard InChI is InChI=1S/C16H18BrN3O2/c1-19-15(13(17)10-18-19)16(21)20-9-3-4-14(20)11-5-7-12(22-2)8-6-11/h5-8,10,14H,3-4,9H2,1-2H3. The van der Waals surface area contributed by atoms with Gasteiger partial charge in [0.1, 0.15) is 11.4 Å². The van der Waals surface area contributed by atoms with E-state index in [9.17, 15) is 4.79 Å². The van der Waals surface area contributed by atoms with Gasteiger partial charge < -0.3 is 9.64 Å². The van der Waals surface area contributed by atoms with Gasteiger partial charge in [0.15, 0.2) is 0 Å². The lowest BCUT2D eigenvalue weighted by molar-refractivity contribution is 0.0723. The molecule has 1 aromatic carbocycles. The molecule has 0 radical (unpaired) electrons. The molecule has 1 aliphatic heterocycles. The maximum Gasteiger partial charge on any atom is 0.273 e. The van der Waals surface area contributed by atoms with Crippen molar-refractivity contribution in [3.05, 3.63) is 46.2 Å². The SMILES string of the molecule is COc1ccc(C2CCCN2C(=O)c2c(Br)cnn2C)cc1. The number of amides is 1. The molecule has 0 aliphatic carbocycles. The quantitative estimate of drug-likeness (QED) is 0.841. The Morgan fingerprint density at radius 1 is 1.36 bits per heavy atom. The molecule has 1 amide bonds. The minimum Gasteiger partial charge on any atom is -0.497 e. The highest BCUT2D eigenvalue weighted by Crippen LogP contribution is 2.34. The molecule has 0 bridgehead atoms. The van der Waals surface area contributed by atoms with Crippen molar-refractivity contribution >= 4 is 21.8 Å². The van der Waals surface area contributed by atoms with Gasteiger partial charge in [-0.2, -0.15) is 5.10 Å². The normalized spacial score (nSPS) is 17.8. The smallest absolute Gasteiger partial charge is 0.273 e. The average Bonchev–Trinajstić information content (AvgIpc) is 3.14. The van der Waals surface area contributed by atoms with Crippen LogP contribution in [0.25, 0.3) is 0 Å². The predicted octanol–water partition coefficient (Wildman–Crippen LogP) is 3.17. The molecule has 0 saturated carbocycles. The zero-order valence-electron chi connectivity index (χ0n) is 12.6. The Morgan fingerprint density at radius 2 is 2.09 bits per heavy atom. The molecule has 1 atom stereocenters. The summed E-state index contributed by atoms with van der Waals surface area (Å²) in [5, 5.41) is 4.13. The fraction of sp³-hybridized carbons (Fsp3) is 0.375. The lowest BCUT2D eigenvalue weighted by atomic mass is 10.0. The fourth-order valence-corrected chi connectivity index (χ4v) is 3.49. The zero-order chi connectivity index (χ0) is 15.7. The van der Waals surface area contributed by atoms with Crippen LogP contribution in [0.1, 0.15) is 34.9 Å². The van der Waals surface area contributed by atoms with Crippen LogP contribution in [-0.4, -0.2) is 34.2 Å². The van der Waals surface area contributed by atoms with Crippen LogP contribution in [0.5, 0.6) is 5.75 Å². The van der Waals surface area contributed by atoms with Gasteiger partial charge in [0.05, 0.1) is 23.8 Å². The minimum atomic E-state index is 0.0187. The number of likely N-dealkylation sites (tertiary alicyclic amines) is 1. The number of ether oxygens (including phenoxy) is 1. The molecule has 1 unspecified atom stereocenters. The summed E-state index contributed by atoms with van der Waals surface area (Å²) in [7, 11) is 3.44. The van der Waals surface area contributed by atoms with Crippen molar-refractivity contribution in [2.24, 2.45) is 7.05 Å². The van der Waals surface area contributed by atoms with Gasteiger partial charge in [0.25, 0.3) is 5.91 Å². The summed E-state index contributed by atoms with van der Waals surface area (Å²) in [6.45, 7) is 0.771. The molecule has 2 aromatic rings. The van der Waals surface area contributed by atoms with E-state index in [0.29, 0.717) is 5.69 Å². The molecule has 3 rings (SSSR count). The highest BCUT2D eigenvalue weighted by Gasteiger charge is 2.32. The Bertz CT molecular complexity index is 662. The van der Waals surface area contributed by atoms with Gasteiger partial charge in [-0.15, -0.1) is 0 Å². The van der Waals surface area contributed by atoms with Crippen molar-refractivity contribution < 1.29 is 9.53 Å². The first-order chi connectivity index (χ1) is 10.6. The molecule has 116 valence electrons. The summed E-state index contributed by atoms with van der Waals surface area (Å²) in [4.78, 5) is 14.8. The summed E-state index contributed by atoms with van der Waals surface area (Å²) in [5.41, 5.74) is 1.74. The Kier molecular flexibility index (Phi) is 4.20. The van der Waals surface area contributed by atoms with Gasteiger partial charge in [-0.25, -0.2) is 0 Å². The maximum atomic E-state index is 12.9. The lowest BCUT2D eigenvalue weighted by Gasteiger charge is -2.25. The van der Waals surface area contributed by atoms with E-state index in [4.69, 9.17) is 4.74 Å². The van der Waals surface area contributed by atoms with Crippen LogP contribution >= 0.6 is 15.9 Å². The second-order valence-electron chi connectivity index (χ2n) is 5.39. The van der Waals surface area contributed by atoms with E-state index < -0.39 is 0 Å². The number of methoxy groups -OCH3 is 1. The van der Waals surface area contributed by atoms with Crippen molar-refractivity contribution in [1.29, 1.82) is 0 Å². The number of nitrogens with zero attached hydrogens (tertiary/aromatic N) is 3. The number of aryl methyl sites for hydroxylation is 1. The first-order valence-corrected chi connectivity index (χ1v) is 8.03. The molecule has 1 fully saturated rings. The Morgan fingerprint density at radius 3 is 2.68 bits per heavy atom. The summed E-state index contributed by atoms with van der Waals surface area (Å²) in [6.07, 6.45) is 3.65. The number of carbonyl (C=O) groups excluding carboxylic acids is 1. The van der Waals surface area contributed by atoms with Crippen LogP contribution in [-0.2, 0) is 7.05 Å². The third-order valence-corrected chi connectivity index (χ3v) is 4.69. The van der Waals surface area contributed by atoms with Gasteiger partial charge in [0, 0.05) is 13.6 Å². The number of aromatic nitrogens is 2. The highest BCUT2D eigenvalue weighted by atomic mass is 79.9. The van der Waals surface area contributed by atoms with Crippen molar-refractivity contribution in [2.75, 3.05) is 13.7 Å². The predicted molar refractivity (Wildman–Crippen MR) is 86.9 cm³/mol. The number of benzene rings is 1. The molecule has 5 nitrogen and oxygen atoms in total. The number of hydrogen-bond acceptors (Lipinski definition) is 3. The molecule has 6 heteroatoms. The van der Waals surface area contributed by atoms with Gasteiger partial charge in [0.2, 0.25) is 0 Å². The van der Waals surface area contributed by atoms with Crippen LogP contribution in [0.3, 0.4) is 0 Å². The molecular weight excluding hydrogens is 346 g/mol. The highest BCUT2D eigenvalue weighted by molar-refractivity contribution is 9.10.